The molecule has 0 saturated heterocycles. The first-order valence-electron chi connectivity index (χ1n) is 9.59. The molecule has 8 nitrogen and oxygen atoms in total. The van der Waals surface area contributed by atoms with E-state index in [1.54, 1.807) is 24.3 Å². The zero-order valence-electron chi connectivity index (χ0n) is 16.7. The lowest BCUT2D eigenvalue weighted by Crippen LogP contribution is -2.22. The summed E-state index contributed by atoms with van der Waals surface area (Å²) >= 11 is 3.62. The highest BCUT2D eigenvalue weighted by Gasteiger charge is 2.18. The first-order valence-corrected chi connectivity index (χ1v) is 13.0. The van der Waals surface area contributed by atoms with Gasteiger partial charge in [-0.2, -0.15) is 0 Å². The molecule has 0 unspecified atom stereocenters. The third-order valence-electron chi connectivity index (χ3n) is 4.77. The summed E-state index contributed by atoms with van der Waals surface area (Å²) < 4.78 is 30.2. The van der Waals surface area contributed by atoms with E-state index in [4.69, 9.17) is 4.98 Å². The topological polar surface area (TPSA) is 107 Å². The summed E-state index contributed by atoms with van der Waals surface area (Å²) in [5.74, 6) is 0.473. The van der Waals surface area contributed by atoms with Crippen molar-refractivity contribution in [3.05, 3.63) is 92.4 Å². The van der Waals surface area contributed by atoms with E-state index in [0.717, 1.165) is 8.45 Å². The van der Waals surface area contributed by atoms with Crippen LogP contribution in [0.25, 0.3) is 27.3 Å². The van der Waals surface area contributed by atoms with Crippen LogP contribution in [0.15, 0.2) is 88.1 Å². The number of fused-ring (bicyclic) bond motifs is 1. The van der Waals surface area contributed by atoms with E-state index in [2.05, 4.69) is 37.3 Å². The predicted molar refractivity (Wildman–Crippen MR) is 136 cm³/mol. The molecule has 11 heteroatoms. The SMILES string of the molecule is O=c1c2cc(I)ccc2nc(-c2cccs2)n1-c1ccc(S(=O)(=O)Nc2ncccn2)cc1. The highest BCUT2D eigenvalue weighted by molar-refractivity contribution is 14.1. The number of aromatic nitrogens is 4. The van der Waals surface area contributed by atoms with E-state index < -0.39 is 10.0 Å². The summed E-state index contributed by atoms with van der Waals surface area (Å²) in [6, 6.07) is 16.9. The van der Waals surface area contributed by atoms with Gasteiger partial charge in [0.1, 0.15) is 0 Å². The van der Waals surface area contributed by atoms with E-state index >= 15 is 0 Å². The van der Waals surface area contributed by atoms with Crippen molar-refractivity contribution in [2.75, 3.05) is 4.72 Å². The second kappa shape index (κ2) is 8.65. The lowest BCUT2D eigenvalue weighted by molar-refractivity contribution is 0.601. The Morgan fingerprint density at radius 2 is 1.73 bits per heavy atom. The van der Waals surface area contributed by atoms with Gasteiger partial charge in [0.15, 0.2) is 5.82 Å². The number of rotatable bonds is 5. The second-order valence-electron chi connectivity index (χ2n) is 6.89. The average Bonchev–Trinajstić information content (AvgIpc) is 3.35. The van der Waals surface area contributed by atoms with Crippen LogP contribution in [-0.4, -0.2) is 27.9 Å². The van der Waals surface area contributed by atoms with Crippen LogP contribution in [0.1, 0.15) is 0 Å². The van der Waals surface area contributed by atoms with Crippen LogP contribution in [0, 0.1) is 3.57 Å². The quantitative estimate of drug-likeness (QED) is 0.308. The third kappa shape index (κ3) is 4.26. The Morgan fingerprint density at radius 1 is 0.970 bits per heavy atom. The lowest BCUT2D eigenvalue weighted by Gasteiger charge is -2.14. The second-order valence-corrected chi connectivity index (χ2v) is 10.8. The number of nitrogens with one attached hydrogen (secondary N) is 1. The zero-order valence-corrected chi connectivity index (χ0v) is 20.5. The van der Waals surface area contributed by atoms with Gasteiger partial charge >= 0.3 is 0 Å². The monoisotopic (exact) mass is 587 g/mol. The van der Waals surface area contributed by atoms with Crippen molar-refractivity contribution in [1.29, 1.82) is 0 Å². The molecular weight excluding hydrogens is 573 g/mol. The number of anilines is 1. The maximum atomic E-state index is 13.5. The molecule has 5 aromatic rings. The minimum Gasteiger partial charge on any atom is -0.268 e. The van der Waals surface area contributed by atoms with Crippen LogP contribution < -0.4 is 10.3 Å². The Bertz CT molecular complexity index is 1620. The number of halogens is 1. The highest BCUT2D eigenvalue weighted by Crippen LogP contribution is 2.27. The van der Waals surface area contributed by atoms with Crippen molar-refractivity contribution in [2.45, 2.75) is 4.90 Å². The third-order valence-corrected chi connectivity index (χ3v) is 7.65. The number of benzene rings is 2. The summed E-state index contributed by atoms with van der Waals surface area (Å²) in [4.78, 5) is 26.9. The van der Waals surface area contributed by atoms with Gasteiger partial charge in [-0.25, -0.2) is 28.1 Å². The van der Waals surface area contributed by atoms with Crippen LogP contribution in [0.5, 0.6) is 0 Å². The fourth-order valence-corrected chi connectivity index (χ4v) is 5.43. The molecule has 5 rings (SSSR count). The molecule has 0 aliphatic heterocycles. The maximum Gasteiger partial charge on any atom is 0.266 e. The highest BCUT2D eigenvalue weighted by atomic mass is 127. The fraction of sp³-hybridized carbons (Fsp3) is 0. The molecule has 0 bridgehead atoms. The van der Waals surface area contributed by atoms with Gasteiger partial charge in [0.25, 0.3) is 15.6 Å². The van der Waals surface area contributed by atoms with Crippen LogP contribution in [0.2, 0.25) is 0 Å². The molecule has 0 aliphatic carbocycles. The maximum absolute atomic E-state index is 13.5. The number of thiophene rings is 1. The molecule has 164 valence electrons. The van der Waals surface area contributed by atoms with Gasteiger partial charge in [-0.15, -0.1) is 11.3 Å². The molecule has 1 N–H and O–H groups in total. The average molecular weight is 587 g/mol. The molecule has 0 aliphatic rings. The summed E-state index contributed by atoms with van der Waals surface area (Å²) in [5.41, 5.74) is 0.881. The largest absolute Gasteiger partial charge is 0.268 e. The fourth-order valence-electron chi connectivity index (χ4n) is 3.27. The standard InChI is InChI=1S/C22H14IN5O3S2/c23-14-4-9-18-17(13-14)21(29)28(20(26-18)19-3-1-12-32-19)15-5-7-16(8-6-15)33(30,31)27-22-24-10-2-11-25-22/h1-13H,(H,24,25,27). The number of sulfonamides is 1. The molecule has 0 saturated carbocycles. The van der Waals surface area contributed by atoms with Gasteiger partial charge in [-0.1, -0.05) is 6.07 Å². The minimum absolute atomic E-state index is 0.0210. The molecule has 0 fully saturated rings. The van der Waals surface area contributed by atoms with Crippen LogP contribution in [-0.2, 0) is 10.0 Å². The molecule has 3 heterocycles. The molecule has 33 heavy (non-hydrogen) atoms. The van der Waals surface area contributed by atoms with Gasteiger partial charge in [0, 0.05) is 16.0 Å². The van der Waals surface area contributed by atoms with E-state index in [-0.39, 0.29) is 16.4 Å². The van der Waals surface area contributed by atoms with E-state index in [9.17, 15) is 13.2 Å². The van der Waals surface area contributed by atoms with Gasteiger partial charge in [0.05, 0.1) is 26.4 Å². The van der Waals surface area contributed by atoms with Crippen molar-refractivity contribution in [3.63, 3.8) is 0 Å². The Labute approximate surface area is 206 Å². The molecule has 2 aromatic carbocycles. The Morgan fingerprint density at radius 3 is 2.42 bits per heavy atom. The van der Waals surface area contributed by atoms with Gasteiger partial charge in [-0.05, 0) is 82.6 Å². The molecule has 0 radical (unpaired) electrons. The Balaban J connectivity index is 1.63. The Hall–Kier alpha value is -3.16. The number of hydrogen-bond donors (Lipinski definition) is 1. The van der Waals surface area contributed by atoms with E-state index in [0.29, 0.717) is 22.4 Å². The van der Waals surface area contributed by atoms with E-state index in [1.165, 1.54) is 40.4 Å². The number of nitrogens with zero attached hydrogens (tertiary/aromatic N) is 4. The van der Waals surface area contributed by atoms with E-state index in [1.807, 2.05) is 29.6 Å². The first kappa shape index (κ1) is 21.7. The van der Waals surface area contributed by atoms with Crippen LogP contribution in [0.4, 0.5) is 5.95 Å². The normalized spacial score (nSPS) is 11.5. The summed E-state index contributed by atoms with van der Waals surface area (Å²) in [6.45, 7) is 0. The number of hydrogen-bond acceptors (Lipinski definition) is 7. The van der Waals surface area contributed by atoms with Crippen molar-refractivity contribution in [2.24, 2.45) is 0 Å². The molecular formula is C22H14IN5O3S2. The summed E-state index contributed by atoms with van der Waals surface area (Å²) in [7, 11) is -3.89. The molecule has 0 spiro atoms. The first-order chi connectivity index (χ1) is 15.9. The molecule has 0 atom stereocenters. The molecule has 3 aromatic heterocycles. The molecule has 0 amide bonds. The van der Waals surface area contributed by atoms with Crippen LogP contribution >= 0.6 is 33.9 Å². The Kier molecular flexibility index (Phi) is 5.68. The van der Waals surface area contributed by atoms with Gasteiger partial charge < -0.3 is 0 Å². The zero-order chi connectivity index (χ0) is 23.0. The lowest BCUT2D eigenvalue weighted by atomic mass is 10.2. The van der Waals surface area contributed by atoms with Gasteiger partial charge in [0.2, 0.25) is 5.95 Å². The van der Waals surface area contributed by atoms with Crippen molar-refractivity contribution in [1.82, 2.24) is 19.5 Å². The van der Waals surface area contributed by atoms with Crippen molar-refractivity contribution >= 4 is 60.8 Å². The van der Waals surface area contributed by atoms with Crippen LogP contribution in [0.3, 0.4) is 0 Å². The predicted octanol–water partition coefficient (Wildman–Crippen LogP) is 4.31. The minimum atomic E-state index is -3.89. The van der Waals surface area contributed by atoms with Crippen molar-refractivity contribution < 1.29 is 8.42 Å². The summed E-state index contributed by atoms with van der Waals surface area (Å²) in [5, 5.41) is 2.40. The summed E-state index contributed by atoms with van der Waals surface area (Å²) in [6.07, 6.45) is 2.89. The smallest absolute Gasteiger partial charge is 0.266 e. The van der Waals surface area contributed by atoms with Gasteiger partial charge in [-0.3, -0.25) is 9.36 Å². The van der Waals surface area contributed by atoms with Crippen molar-refractivity contribution in [3.8, 4) is 16.4 Å².